The fraction of sp³-hybridized carbons (Fsp3) is 0.500. The van der Waals surface area contributed by atoms with Gasteiger partial charge in [-0.25, -0.2) is 0 Å². The van der Waals surface area contributed by atoms with Gasteiger partial charge in [0.15, 0.2) is 0 Å². The van der Waals surface area contributed by atoms with Crippen LogP contribution < -0.4 is 4.74 Å². The first-order chi connectivity index (χ1) is 11.3. The number of benzene rings is 1. The number of nitrogens with zero attached hydrogens (tertiary/aromatic N) is 2. The summed E-state index contributed by atoms with van der Waals surface area (Å²) in [6, 6.07) is 6.10. The fourth-order valence-electron chi connectivity index (χ4n) is 2.63. The molecule has 1 fully saturated rings. The second-order valence-corrected chi connectivity index (χ2v) is 5.83. The molecule has 1 aliphatic rings. The van der Waals surface area contributed by atoms with Gasteiger partial charge < -0.3 is 14.7 Å². The Kier molecular flexibility index (Phi) is 8.05. The highest BCUT2D eigenvalue weighted by Gasteiger charge is 2.29. The molecule has 1 amide bonds. The van der Waals surface area contributed by atoms with Crippen molar-refractivity contribution in [3.05, 3.63) is 29.8 Å². The predicted molar refractivity (Wildman–Crippen MR) is 89.0 cm³/mol. The summed E-state index contributed by atoms with van der Waals surface area (Å²) in [7, 11) is 1.65. The standard InChI is InChI=1S/C16H20F2N2O4.ClH/c1-19(8-11-2-4-13(5-3-11)24-16(17)18)14(21)10-20-7-6-12(9-20)15(22)23;/h2-5,12,16H,6-10H2,1H3,(H,22,23);1H. The summed E-state index contributed by atoms with van der Waals surface area (Å²) in [6.07, 6.45) is 0.553. The van der Waals surface area contributed by atoms with Gasteiger partial charge in [0, 0.05) is 20.1 Å². The minimum absolute atomic E-state index is 0. The zero-order valence-electron chi connectivity index (χ0n) is 13.7. The highest BCUT2D eigenvalue weighted by Crippen LogP contribution is 2.17. The largest absolute Gasteiger partial charge is 0.481 e. The second-order valence-electron chi connectivity index (χ2n) is 5.83. The number of hydrogen-bond donors (Lipinski definition) is 1. The van der Waals surface area contributed by atoms with E-state index in [1.807, 2.05) is 4.90 Å². The molecule has 0 aromatic heterocycles. The summed E-state index contributed by atoms with van der Waals surface area (Å²) < 4.78 is 28.5. The highest BCUT2D eigenvalue weighted by atomic mass is 35.5. The summed E-state index contributed by atoms with van der Waals surface area (Å²) in [5, 5.41) is 8.97. The van der Waals surface area contributed by atoms with E-state index in [4.69, 9.17) is 5.11 Å². The van der Waals surface area contributed by atoms with Gasteiger partial charge in [-0.15, -0.1) is 12.4 Å². The van der Waals surface area contributed by atoms with Gasteiger partial charge in [0.05, 0.1) is 12.5 Å². The molecule has 140 valence electrons. The van der Waals surface area contributed by atoms with E-state index < -0.39 is 18.5 Å². The van der Waals surface area contributed by atoms with Crippen LogP contribution in [0.5, 0.6) is 5.75 Å². The topological polar surface area (TPSA) is 70.1 Å². The molecule has 0 radical (unpaired) electrons. The van der Waals surface area contributed by atoms with Gasteiger partial charge in [-0.1, -0.05) is 12.1 Å². The lowest BCUT2D eigenvalue weighted by molar-refractivity contribution is -0.141. The van der Waals surface area contributed by atoms with Gasteiger partial charge >= 0.3 is 12.6 Å². The van der Waals surface area contributed by atoms with Crippen LogP contribution in [0.1, 0.15) is 12.0 Å². The number of carboxylic acids is 1. The Bertz CT molecular complexity index is 586. The average molecular weight is 379 g/mol. The molecule has 1 aliphatic heterocycles. The molecule has 0 spiro atoms. The number of rotatable bonds is 7. The molecule has 1 N–H and O–H groups in total. The average Bonchev–Trinajstić information content (AvgIpc) is 2.97. The Labute approximate surface area is 150 Å². The molecule has 9 heteroatoms. The van der Waals surface area contributed by atoms with Crippen LogP contribution in [-0.4, -0.2) is 60.1 Å². The van der Waals surface area contributed by atoms with Gasteiger partial charge in [-0.3, -0.25) is 14.5 Å². The first kappa shape index (κ1) is 21.1. The SMILES string of the molecule is CN(Cc1ccc(OC(F)F)cc1)C(=O)CN1CCC(C(=O)O)C1.Cl. The number of hydrogen-bond acceptors (Lipinski definition) is 4. The molecule has 1 unspecified atom stereocenters. The van der Waals surface area contributed by atoms with Crippen molar-refractivity contribution in [1.29, 1.82) is 0 Å². The number of carboxylic acid groups (broad SMARTS) is 1. The monoisotopic (exact) mass is 378 g/mol. The first-order valence-electron chi connectivity index (χ1n) is 7.58. The zero-order chi connectivity index (χ0) is 17.7. The van der Waals surface area contributed by atoms with Gasteiger partial charge in [0.2, 0.25) is 5.91 Å². The molecule has 6 nitrogen and oxygen atoms in total. The third-order valence-electron chi connectivity index (χ3n) is 3.97. The maximum absolute atomic E-state index is 12.2. The Hall–Kier alpha value is -1.93. The van der Waals surface area contributed by atoms with E-state index in [1.54, 1.807) is 19.2 Å². The van der Waals surface area contributed by atoms with E-state index in [2.05, 4.69) is 4.74 Å². The van der Waals surface area contributed by atoms with Crippen molar-refractivity contribution in [2.75, 3.05) is 26.7 Å². The van der Waals surface area contributed by atoms with E-state index in [-0.39, 0.29) is 30.6 Å². The van der Waals surface area contributed by atoms with E-state index in [0.717, 1.165) is 5.56 Å². The highest BCUT2D eigenvalue weighted by molar-refractivity contribution is 5.85. The molecular weight excluding hydrogens is 358 g/mol. The molecule has 0 saturated carbocycles. The summed E-state index contributed by atoms with van der Waals surface area (Å²) >= 11 is 0. The number of carbonyl (C=O) groups is 2. The maximum atomic E-state index is 12.2. The smallest absolute Gasteiger partial charge is 0.387 e. The Morgan fingerprint density at radius 2 is 2.00 bits per heavy atom. The van der Waals surface area contributed by atoms with E-state index >= 15 is 0 Å². The first-order valence-corrected chi connectivity index (χ1v) is 7.58. The minimum Gasteiger partial charge on any atom is -0.481 e. The third kappa shape index (κ3) is 6.47. The van der Waals surface area contributed by atoms with Crippen LogP contribution in [0.25, 0.3) is 0 Å². The van der Waals surface area contributed by atoms with E-state index in [0.29, 0.717) is 26.1 Å². The molecule has 2 rings (SSSR count). The zero-order valence-corrected chi connectivity index (χ0v) is 14.5. The van der Waals surface area contributed by atoms with Gasteiger partial charge in [-0.05, 0) is 30.7 Å². The molecule has 25 heavy (non-hydrogen) atoms. The number of likely N-dealkylation sites (tertiary alicyclic amines) is 1. The Balaban J connectivity index is 0.00000312. The van der Waals surface area contributed by atoms with Crippen molar-refractivity contribution >= 4 is 24.3 Å². The van der Waals surface area contributed by atoms with Crippen LogP contribution in [0.4, 0.5) is 8.78 Å². The van der Waals surface area contributed by atoms with E-state index in [1.165, 1.54) is 17.0 Å². The van der Waals surface area contributed by atoms with E-state index in [9.17, 15) is 18.4 Å². The lowest BCUT2D eigenvalue weighted by atomic mass is 10.1. The van der Waals surface area contributed by atoms with Crippen molar-refractivity contribution in [2.24, 2.45) is 5.92 Å². The van der Waals surface area contributed by atoms with Gasteiger partial charge in [0.1, 0.15) is 5.75 Å². The summed E-state index contributed by atoms with van der Waals surface area (Å²) in [4.78, 5) is 26.5. The minimum atomic E-state index is -2.87. The Morgan fingerprint density at radius 1 is 1.36 bits per heavy atom. The number of halogens is 3. The number of amides is 1. The van der Waals surface area contributed by atoms with Crippen molar-refractivity contribution in [1.82, 2.24) is 9.80 Å². The second kappa shape index (κ2) is 9.53. The number of alkyl halides is 2. The predicted octanol–water partition coefficient (Wildman–Crippen LogP) is 2.07. The van der Waals surface area contributed by atoms with Crippen LogP contribution in [0, 0.1) is 5.92 Å². The molecule has 1 aromatic carbocycles. The summed E-state index contributed by atoms with van der Waals surface area (Å²) in [6.45, 7) is -1.38. The number of ether oxygens (including phenoxy) is 1. The number of likely N-dealkylation sites (N-methyl/N-ethyl adjacent to an activating group) is 1. The lowest BCUT2D eigenvalue weighted by Crippen LogP contribution is -2.37. The molecule has 1 saturated heterocycles. The summed E-state index contributed by atoms with van der Waals surface area (Å²) in [5.41, 5.74) is 0.789. The molecule has 1 atom stereocenters. The molecule has 0 bridgehead atoms. The number of aliphatic carboxylic acids is 1. The van der Waals surface area contributed by atoms with Crippen molar-refractivity contribution < 1.29 is 28.2 Å². The summed E-state index contributed by atoms with van der Waals surface area (Å²) in [5.74, 6) is -1.29. The van der Waals surface area contributed by atoms with Gasteiger partial charge in [0.25, 0.3) is 0 Å². The fourth-order valence-corrected chi connectivity index (χ4v) is 2.63. The molecule has 0 aliphatic carbocycles. The van der Waals surface area contributed by atoms with Crippen molar-refractivity contribution in [3.63, 3.8) is 0 Å². The quantitative estimate of drug-likeness (QED) is 0.786. The lowest BCUT2D eigenvalue weighted by Gasteiger charge is -2.21. The Morgan fingerprint density at radius 3 is 2.52 bits per heavy atom. The van der Waals surface area contributed by atoms with Crippen LogP contribution in [0.3, 0.4) is 0 Å². The number of carbonyl (C=O) groups excluding carboxylic acids is 1. The molecule has 1 heterocycles. The normalized spacial score (nSPS) is 17.2. The maximum Gasteiger partial charge on any atom is 0.387 e. The van der Waals surface area contributed by atoms with Crippen LogP contribution in [0.15, 0.2) is 24.3 Å². The van der Waals surface area contributed by atoms with Crippen molar-refractivity contribution in [3.8, 4) is 5.75 Å². The van der Waals surface area contributed by atoms with Gasteiger partial charge in [-0.2, -0.15) is 8.78 Å². The molecular formula is C16H21ClF2N2O4. The van der Waals surface area contributed by atoms with Crippen LogP contribution >= 0.6 is 12.4 Å². The van der Waals surface area contributed by atoms with Crippen LogP contribution in [0.2, 0.25) is 0 Å². The third-order valence-corrected chi connectivity index (χ3v) is 3.97. The van der Waals surface area contributed by atoms with Crippen molar-refractivity contribution in [2.45, 2.75) is 19.6 Å². The van der Waals surface area contributed by atoms with Crippen LogP contribution in [-0.2, 0) is 16.1 Å². The molecule has 1 aromatic rings.